The number of hydrogen-bond donors (Lipinski definition) is 3. The van der Waals surface area contributed by atoms with Gasteiger partial charge >= 0.3 is 6.09 Å². The summed E-state index contributed by atoms with van der Waals surface area (Å²) in [6.07, 6.45) is 1.02. The number of aliphatic hydroxyl groups excluding tert-OH is 1. The molecule has 2 aliphatic rings. The van der Waals surface area contributed by atoms with Crippen molar-refractivity contribution >= 4 is 23.1 Å². The minimum absolute atomic E-state index is 0.221. The van der Waals surface area contributed by atoms with Crippen LogP contribution in [0.2, 0.25) is 0 Å². The molecule has 3 heterocycles. The number of β-amino-alcohol motifs (C(OH)–C–C–N with tert-alkyl or cyclic N) is 1. The van der Waals surface area contributed by atoms with E-state index >= 15 is 0 Å². The molecule has 0 spiro atoms. The highest BCUT2D eigenvalue weighted by atomic mass is 16.4. The fourth-order valence-corrected chi connectivity index (χ4v) is 5.27. The van der Waals surface area contributed by atoms with E-state index in [4.69, 9.17) is 4.42 Å². The second-order valence-corrected chi connectivity index (χ2v) is 9.63. The number of rotatable bonds is 5. The van der Waals surface area contributed by atoms with Gasteiger partial charge in [0.25, 0.3) is 5.56 Å². The normalized spacial score (nSPS) is 17.0. The van der Waals surface area contributed by atoms with Crippen molar-refractivity contribution in [3.8, 4) is 22.5 Å². The van der Waals surface area contributed by atoms with Crippen molar-refractivity contribution in [3.63, 3.8) is 0 Å². The lowest BCUT2D eigenvalue weighted by Crippen LogP contribution is -2.52. The highest BCUT2D eigenvalue weighted by molar-refractivity contribution is 6.00. The van der Waals surface area contributed by atoms with Crippen molar-refractivity contribution in [2.45, 2.75) is 30.9 Å². The van der Waals surface area contributed by atoms with Crippen LogP contribution in [0.3, 0.4) is 0 Å². The number of benzene rings is 2. The number of carboxylic acid groups (broad SMARTS) is 1. The highest BCUT2D eigenvalue weighted by Crippen LogP contribution is 2.43. The molecule has 1 amide bonds. The molecular weight excluding hydrogens is 460 g/mol. The van der Waals surface area contributed by atoms with Gasteiger partial charge in [-0.25, -0.2) is 4.79 Å². The fraction of sp³-hybridized carbons (Fsp3) is 0.296. The first-order chi connectivity index (χ1) is 17.4. The molecule has 2 fully saturated rings. The van der Waals surface area contributed by atoms with Gasteiger partial charge in [0.15, 0.2) is 0 Å². The lowest BCUT2D eigenvalue weighted by Gasteiger charge is -2.42. The Labute approximate surface area is 206 Å². The molecule has 2 aromatic heterocycles. The van der Waals surface area contributed by atoms with Crippen LogP contribution < -0.4 is 15.8 Å². The quantitative estimate of drug-likeness (QED) is 0.393. The zero-order valence-corrected chi connectivity index (χ0v) is 19.8. The number of aromatic nitrogens is 2. The molecule has 4 aromatic rings. The van der Waals surface area contributed by atoms with Crippen molar-refractivity contribution in [1.29, 1.82) is 0 Å². The third-order valence-corrected chi connectivity index (χ3v) is 7.37. The van der Waals surface area contributed by atoms with Gasteiger partial charge in [0, 0.05) is 31.3 Å². The minimum atomic E-state index is -1.03. The molecule has 3 N–H and O–H groups in total. The number of furan rings is 1. The molecule has 1 saturated heterocycles. The van der Waals surface area contributed by atoms with Crippen LogP contribution in [0.15, 0.2) is 63.8 Å². The van der Waals surface area contributed by atoms with Gasteiger partial charge in [0.1, 0.15) is 11.1 Å². The number of carbonyl (C=O) groups is 1. The second-order valence-electron chi connectivity index (χ2n) is 9.63. The van der Waals surface area contributed by atoms with E-state index in [9.17, 15) is 19.8 Å². The molecule has 9 nitrogen and oxygen atoms in total. The first-order valence-electron chi connectivity index (χ1n) is 12.0. The molecule has 1 saturated carbocycles. The first-order valence-corrected chi connectivity index (χ1v) is 12.0. The average Bonchev–Trinajstić information content (AvgIpc) is 3.22. The summed E-state index contributed by atoms with van der Waals surface area (Å²) in [5.74, 6) is 0.988. The van der Waals surface area contributed by atoms with Crippen molar-refractivity contribution in [3.05, 3.63) is 70.5 Å². The monoisotopic (exact) mass is 486 g/mol. The van der Waals surface area contributed by atoms with Crippen LogP contribution in [-0.4, -0.2) is 45.1 Å². The van der Waals surface area contributed by atoms with Gasteiger partial charge in [-0.3, -0.25) is 9.36 Å². The molecule has 1 aliphatic heterocycles. The van der Waals surface area contributed by atoms with E-state index in [-0.39, 0.29) is 11.3 Å². The van der Waals surface area contributed by atoms with E-state index in [1.165, 1.54) is 4.57 Å². The largest absolute Gasteiger partial charge is 0.465 e. The van der Waals surface area contributed by atoms with E-state index in [1.54, 1.807) is 7.05 Å². The van der Waals surface area contributed by atoms with E-state index in [2.05, 4.69) is 10.3 Å². The Morgan fingerprint density at radius 1 is 1.08 bits per heavy atom. The Kier molecular flexibility index (Phi) is 5.11. The maximum atomic E-state index is 13.6. The summed E-state index contributed by atoms with van der Waals surface area (Å²) >= 11 is 0. The molecule has 0 atom stereocenters. The van der Waals surface area contributed by atoms with Crippen molar-refractivity contribution < 1.29 is 19.4 Å². The third kappa shape index (κ3) is 3.46. The number of hydrogen-bond acceptors (Lipinski definition) is 6. The van der Waals surface area contributed by atoms with Crippen LogP contribution in [0.5, 0.6) is 0 Å². The number of aliphatic hydroxyl groups is 1. The van der Waals surface area contributed by atoms with Gasteiger partial charge in [0.05, 0.1) is 11.6 Å². The summed E-state index contributed by atoms with van der Waals surface area (Å²) in [6.45, 7) is 0.830. The van der Waals surface area contributed by atoms with Crippen LogP contribution in [0.25, 0.3) is 33.6 Å². The zero-order chi connectivity index (χ0) is 25.0. The van der Waals surface area contributed by atoms with Crippen LogP contribution in [0.4, 0.5) is 10.7 Å². The van der Waals surface area contributed by atoms with Crippen molar-refractivity contribution in [2.75, 3.05) is 18.0 Å². The summed E-state index contributed by atoms with van der Waals surface area (Å²) in [7, 11) is 1.68. The predicted octanol–water partition coefficient (Wildman–Crippen LogP) is 3.69. The molecule has 0 radical (unpaired) electrons. The van der Waals surface area contributed by atoms with Crippen LogP contribution >= 0.6 is 0 Å². The average molecular weight is 487 g/mol. The molecule has 184 valence electrons. The van der Waals surface area contributed by atoms with Gasteiger partial charge in [-0.1, -0.05) is 54.6 Å². The van der Waals surface area contributed by atoms with Gasteiger partial charge in [-0.15, -0.1) is 0 Å². The number of amides is 1. The first kappa shape index (κ1) is 22.4. The smallest absolute Gasteiger partial charge is 0.405 e. The minimum Gasteiger partial charge on any atom is -0.465 e. The Hall–Kier alpha value is -4.11. The molecule has 0 bridgehead atoms. The molecule has 2 aromatic carbocycles. The molecule has 6 rings (SSSR count). The van der Waals surface area contributed by atoms with Crippen molar-refractivity contribution in [2.24, 2.45) is 7.05 Å². The SMILES string of the molecule is Cn1c(N2CC(O)C2)nc2oc(-c3ccc(C4(NC(=O)O)CCC4)cc3)c(-c3ccccc3)c2c1=O. The van der Waals surface area contributed by atoms with E-state index in [0.717, 1.165) is 36.0 Å². The standard InChI is InChI=1S/C27H26N4O5/c1-30-24(33)21-20(16-6-3-2-4-7-16)22(36-23(21)28-25(30)31-14-19(32)15-31)17-8-10-18(11-9-17)27(12-5-13-27)29-26(34)35/h2-4,6-11,19,29,32H,5,12-15H2,1H3,(H,34,35). The Balaban J connectivity index is 1.50. The fourth-order valence-electron chi connectivity index (χ4n) is 5.27. The van der Waals surface area contributed by atoms with Crippen LogP contribution in [-0.2, 0) is 12.6 Å². The Bertz CT molecular complexity index is 1510. The van der Waals surface area contributed by atoms with E-state index < -0.39 is 17.7 Å². The Morgan fingerprint density at radius 2 is 1.78 bits per heavy atom. The lowest BCUT2D eigenvalue weighted by atomic mass is 9.72. The summed E-state index contributed by atoms with van der Waals surface area (Å²) in [4.78, 5) is 31.4. The molecular formula is C27H26N4O5. The number of fused-ring (bicyclic) bond motifs is 1. The van der Waals surface area contributed by atoms with Gasteiger partial charge in [0.2, 0.25) is 11.7 Å². The third-order valence-electron chi connectivity index (χ3n) is 7.37. The molecule has 1 aliphatic carbocycles. The number of nitrogens with zero attached hydrogens (tertiary/aromatic N) is 3. The topological polar surface area (TPSA) is 121 Å². The van der Waals surface area contributed by atoms with Crippen molar-refractivity contribution in [1.82, 2.24) is 14.9 Å². The van der Waals surface area contributed by atoms with Gasteiger partial charge in [-0.2, -0.15) is 4.98 Å². The summed E-state index contributed by atoms with van der Waals surface area (Å²) in [5, 5.41) is 22.1. The van der Waals surface area contributed by atoms with Gasteiger partial charge in [-0.05, 0) is 30.4 Å². The zero-order valence-electron chi connectivity index (χ0n) is 19.8. The number of anilines is 1. The Morgan fingerprint density at radius 3 is 2.36 bits per heavy atom. The highest BCUT2D eigenvalue weighted by Gasteiger charge is 2.40. The lowest BCUT2D eigenvalue weighted by molar-refractivity contribution is 0.139. The summed E-state index contributed by atoms with van der Waals surface area (Å²) in [5.41, 5.74) is 2.65. The van der Waals surface area contributed by atoms with E-state index in [1.807, 2.05) is 59.5 Å². The predicted molar refractivity (Wildman–Crippen MR) is 135 cm³/mol. The summed E-state index contributed by atoms with van der Waals surface area (Å²) < 4.78 is 7.77. The maximum Gasteiger partial charge on any atom is 0.405 e. The van der Waals surface area contributed by atoms with Gasteiger partial charge < -0.3 is 24.8 Å². The van der Waals surface area contributed by atoms with E-state index in [0.29, 0.717) is 35.7 Å². The molecule has 9 heteroatoms. The van der Waals surface area contributed by atoms with Crippen LogP contribution in [0.1, 0.15) is 24.8 Å². The van der Waals surface area contributed by atoms with Crippen LogP contribution in [0, 0.1) is 0 Å². The molecule has 0 unspecified atom stereocenters. The maximum absolute atomic E-state index is 13.6. The summed E-state index contributed by atoms with van der Waals surface area (Å²) in [6, 6.07) is 17.2. The molecule has 36 heavy (non-hydrogen) atoms. The second kappa shape index (κ2) is 8.23. The number of nitrogens with one attached hydrogen (secondary N) is 1.